The Morgan fingerprint density at radius 2 is 2.00 bits per heavy atom. The Morgan fingerprint density at radius 3 is 2.62 bits per heavy atom. The minimum atomic E-state index is -0.718. The molecule has 1 aliphatic heterocycles. The SMILES string of the molecule is CC1(NSc2cc(N3CCNCC3)c3c(Cl)nc(C(=N)SC(=N)C4(C#N)CC4)n3c2)CC1. The van der Waals surface area contributed by atoms with Crippen LogP contribution in [0.25, 0.3) is 5.52 Å². The van der Waals surface area contributed by atoms with Crippen molar-refractivity contribution in [1.82, 2.24) is 19.4 Å². The average molecular weight is 489 g/mol. The molecule has 2 aliphatic carbocycles. The molecular weight excluding hydrogens is 464 g/mol. The van der Waals surface area contributed by atoms with Gasteiger partial charge in [-0.1, -0.05) is 23.4 Å². The maximum atomic E-state index is 9.40. The number of hydrogen-bond acceptors (Lipinski definition) is 9. The topological polar surface area (TPSA) is 116 Å². The molecule has 2 saturated carbocycles. The average Bonchev–Trinajstić information content (AvgIpc) is 3.72. The zero-order valence-corrected chi connectivity index (χ0v) is 20.2. The van der Waals surface area contributed by atoms with Crippen molar-refractivity contribution in [2.24, 2.45) is 5.41 Å². The molecule has 3 fully saturated rings. The summed E-state index contributed by atoms with van der Waals surface area (Å²) < 4.78 is 5.44. The summed E-state index contributed by atoms with van der Waals surface area (Å²) in [6.45, 7) is 5.76. The fraction of sp³-hybridized carbons (Fsp3) is 0.524. The Labute approximate surface area is 200 Å². The molecule has 0 amide bonds. The molecule has 0 radical (unpaired) electrons. The number of rotatable bonds is 6. The van der Waals surface area contributed by atoms with Gasteiger partial charge >= 0.3 is 0 Å². The summed E-state index contributed by atoms with van der Waals surface area (Å²) in [6.07, 6.45) is 5.67. The summed E-state index contributed by atoms with van der Waals surface area (Å²) in [6, 6.07) is 4.38. The molecule has 2 aromatic heterocycles. The number of imidazole rings is 1. The first-order valence-corrected chi connectivity index (χ1v) is 12.7. The molecule has 3 heterocycles. The Hall–Kier alpha value is -1.77. The minimum absolute atomic E-state index is 0.133. The summed E-state index contributed by atoms with van der Waals surface area (Å²) in [7, 11) is 0. The third-order valence-corrected chi connectivity index (χ3v) is 8.62. The van der Waals surface area contributed by atoms with Crippen LogP contribution in [0.3, 0.4) is 0 Å². The molecule has 0 bridgehead atoms. The normalized spacial score (nSPS) is 20.7. The lowest BCUT2D eigenvalue weighted by Crippen LogP contribution is -2.43. The van der Waals surface area contributed by atoms with E-state index in [0.29, 0.717) is 23.8 Å². The molecular formula is C21H25ClN8S2. The highest BCUT2D eigenvalue weighted by Crippen LogP contribution is 2.49. The molecule has 3 aliphatic rings. The fourth-order valence-corrected chi connectivity index (χ4v) is 5.77. The molecule has 0 atom stereocenters. The van der Waals surface area contributed by atoms with Gasteiger partial charge in [-0.2, -0.15) is 5.26 Å². The van der Waals surface area contributed by atoms with Gasteiger partial charge in [-0.15, -0.1) is 0 Å². The molecule has 2 aromatic rings. The maximum Gasteiger partial charge on any atom is 0.171 e. The van der Waals surface area contributed by atoms with E-state index in [4.69, 9.17) is 22.4 Å². The van der Waals surface area contributed by atoms with Gasteiger partial charge in [0.15, 0.2) is 11.0 Å². The maximum absolute atomic E-state index is 9.40. The van der Waals surface area contributed by atoms with Crippen molar-refractivity contribution in [3.63, 3.8) is 0 Å². The van der Waals surface area contributed by atoms with Crippen LogP contribution in [-0.2, 0) is 0 Å². The molecule has 168 valence electrons. The largest absolute Gasteiger partial charge is 0.367 e. The lowest BCUT2D eigenvalue weighted by Gasteiger charge is -2.30. The van der Waals surface area contributed by atoms with Crippen LogP contribution in [0.15, 0.2) is 17.2 Å². The van der Waals surface area contributed by atoms with E-state index in [1.54, 1.807) is 11.9 Å². The van der Waals surface area contributed by atoms with E-state index in [2.05, 4.69) is 39.0 Å². The number of anilines is 1. The van der Waals surface area contributed by atoms with E-state index in [-0.39, 0.29) is 15.6 Å². The van der Waals surface area contributed by atoms with Gasteiger partial charge in [0.05, 0.1) is 16.8 Å². The first kappa shape index (κ1) is 22.0. The predicted molar refractivity (Wildman–Crippen MR) is 131 cm³/mol. The highest BCUT2D eigenvalue weighted by molar-refractivity contribution is 8.26. The van der Waals surface area contributed by atoms with Crippen LogP contribution in [-0.4, -0.2) is 51.2 Å². The summed E-state index contributed by atoms with van der Waals surface area (Å²) in [5.74, 6) is 0.407. The quantitative estimate of drug-likeness (QED) is 0.277. The van der Waals surface area contributed by atoms with Crippen molar-refractivity contribution >= 4 is 56.6 Å². The fourth-order valence-electron chi connectivity index (χ4n) is 3.72. The number of nitrogens with zero attached hydrogens (tertiary/aromatic N) is 4. The van der Waals surface area contributed by atoms with Crippen molar-refractivity contribution in [1.29, 1.82) is 16.1 Å². The summed E-state index contributed by atoms with van der Waals surface area (Å²) in [5.41, 5.74) is 1.25. The number of aromatic nitrogens is 2. The molecule has 0 unspecified atom stereocenters. The summed E-state index contributed by atoms with van der Waals surface area (Å²) in [5, 5.41) is 30.5. The van der Waals surface area contributed by atoms with Crippen molar-refractivity contribution in [3.05, 3.63) is 23.2 Å². The van der Waals surface area contributed by atoms with Crippen molar-refractivity contribution in [2.45, 2.75) is 43.0 Å². The van der Waals surface area contributed by atoms with Crippen LogP contribution in [0.1, 0.15) is 38.4 Å². The third kappa shape index (κ3) is 4.13. The molecule has 8 nitrogen and oxygen atoms in total. The zero-order valence-electron chi connectivity index (χ0n) is 17.8. The van der Waals surface area contributed by atoms with Crippen LogP contribution < -0.4 is 14.9 Å². The van der Waals surface area contributed by atoms with Crippen LogP contribution >= 0.6 is 35.3 Å². The lowest BCUT2D eigenvalue weighted by molar-refractivity contribution is 0.589. The molecule has 32 heavy (non-hydrogen) atoms. The number of halogens is 1. The lowest BCUT2D eigenvalue weighted by atomic mass is 10.2. The smallest absolute Gasteiger partial charge is 0.171 e. The number of fused-ring (bicyclic) bond motifs is 1. The van der Waals surface area contributed by atoms with E-state index in [0.717, 1.165) is 54.0 Å². The van der Waals surface area contributed by atoms with Crippen LogP contribution in [0, 0.1) is 27.6 Å². The van der Waals surface area contributed by atoms with Crippen LogP contribution in [0.5, 0.6) is 0 Å². The van der Waals surface area contributed by atoms with Crippen molar-refractivity contribution in [2.75, 3.05) is 31.1 Å². The third-order valence-electron chi connectivity index (χ3n) is 6.33. The van der Waals surface area contributed by atoms with E-state index >= 15 is 0 Å². The summed E-state index contributed by atoms with van der Waals surface area (Å²) >= 11 is 9.22. The van der Waals surface area contributed by atoms with E-state index in [1.165, 1.54) is 12.8 Å². The monoisotopic (exact) mass is 488 g/mol. The zero-order chi connectivity index (χ0) is 22.5. The first-order valence-electron chi connectivity index (χ1n) is 10.7. The van der Waals surface area contributed by atoms with E-state index in [1.807, 2.05) is 10.6 Å². The molecule has 11 heteroatoms. The van der Waals surface area contributed by atoms with E-state index in [9.17, 15) is 5.26 Å². The second-order valence-corrected chi connectivity index (χ2v) is 11.2. The summed E-state index contributed by atoms with van der Waals surface area (Å²) in [4.78, 5) is 7.85. The number of hydrogen-bond donors (Lipinski definition) is 4. The van der Waals surface area contributed by atoms with Gasteiger partial charge in [-0.25, -0.2) is 4.98 Å². The minimum Gasteiger partial charge on any atom is -0.367 e. The van der Waals surface area contributed by atoms with E-state index < -0.39 is 5.41 Å². The van der Waals surface area contributed by atoms with Crippen LogP contribution in [0.4, 0.5) is 5.69 Å². The van der Waals surface area contributed by atoms with Gasteiger partial charge in [0.25, 0.3) is 0 Å². The van der Waals surface area contributed by atoms with Gasteiger partial charge in [-0.3, -0.25) is 19.9 Å². The highest BCUT2D eigenvalue weighted by atomic mass is 35.5. The Balaban J connectivity index is 1.52. The van der Waals surface area contributed by atoms with Crippen LogP contribution in [0.2, 0.25) is 5.15 Å². The molecule has 0 spiro atoms. The number of nitriles is 1. The van der Waals surface area contributed by atoms with Gasteiger partial charge in [0.2, 0.25) is 0 Å². The van der Waals surface area contributed by atoms with Gasteiger partial charge < -0.3 is 10.2 Å². The van der Waals surface area contributed by atoms with Gasteiger partial charge in [0, 0.05) is 42.8 Å². The number of pyridine rings is 1. The van der Waals surface area contributed by atoms with Crippen molar-refractivity contribution in [3.8, 4) is 6.07 Å². The molecule has 0 aromatic carbocycles. The molecule has 5 rings (SSSR count). The Bertz CT molecular complexity index is 1140. The number of nitrogens with one attached hydrogen (secondary N) is 4. The molecule has 1 saturated heterocycles. The Kier molecular flexibility index (Phi) is 5.66. The standard InChI is InChI=1S/C21H25ClN8S2/c1-20(2-3-20)28-32-13-10-14(29-8-6-26-7-9-29)15-16(22)27-18(30(15)11-13)17(24)31-19(25)21(12-23)4-5-21/h10-11,24-26,28H,2-9H2,1H3. The molecule has 4 N–H and O–H groups in total. The number of piperazine rings is 1. The van der Waals surface area contributed by atoms with Gasteiger partial charge in [0.1, 0.15) is 16.0 Å². The second-order valence-electron chi connectivity index (χ2n) is 8.96. The Morgan fingerprint density at radius 1 is 1.28 bits per heavy atom. The number of thioether (sulfide) groups is 1. The van der Waals surface area contributed by atoms with Gasteiger partial charge in [-0.05, 0) is 50.6 Å². The first-order chi connectivity index (χ1) is 15.3. The predicted octanol–water partition coefficient (Wildman–Crippen LogP) is 3.89. The second kappa shape index (κ2) is 8.22. The highest BCUT2D eigenvalue weighted by Gasteiger charge is 2.48. The van der Waals surface area contributed by atoms with Crippen molar-refractivity contribution < 1.29 is 0 Å².